The van der Waals surface area contributed by atoms with Crippen LogP contribution in [0.25, 0.3) is 0 Å². The van der Waals surface area contributed by atoms with Gasteiger partial charge < -0.3 is 4.74 Å². The van der Waals surface area contributed by atoms with Crippen LogP contribution in [0.2, 0.25) is 0 Å². The van der Waals surface area contributed by atoms with Crippen LogP contribution in [0.1, 0.15) is 49.9 Å². The average Bonchev–Trinajstić information content (AvgIpc) is 2.31. The molecule has 2 rings (SSSR count). The first-order chi connectivity index (χ1) is 8.56. The van der Waals surface area contributed by atoms with Crippen molar-refractivity contribution in [3.8, 4) is 5.75 Å². The van der Waals surface area contributed by atoms with Gasteiger partial charge in [0.05, 0.1) is 10.6 Å². The van der Waals surface area contributed by atoms with Crippen molar-refractivity contribution in [3.05, 3.63) is 28.2 Å². The molecular weight excluding hydrogens is 292 g/mol. The molecule has 18 heavy (non-hydrogen) atoms. The predicted octanol–water partition coefficient (Wildman–Crippen LogP) is 4.61. The normalized spacial score (nSPS) is 23.7. The lowest BCUT2D eigenvalue weighted by molar-refractivity contribution is 0.101. The second-order valence-electron chi connectivity index (χ2n) is 5.21. The van der Waals surface area contributed by atoms with E-state index < -0.39 is 0 Å². The van der Waals surface area contributed by atoms with Gasteiger partial charge in [0.2, 0.25) is 0 Å². The van der Waals surface area contributed by atoms with E-state index in [0.29, 0.717) is 11.7 Å². The van der Waals surface area contributed by atoms with Crippen LogP contribution in [0.4, 0.5) is 0 Å². The highest BCUT2D eigenvalue weighted by Crippen LogP contribution is 2.31. The summed E-state index contributed by atoms with van der Waals surface area (Å²) in [6, 6.07) is 5.55. The van der Waals surface area contributed by atoms with E-state index in [-0.39, 0.29) is 5.78 Å². The van der Waals surface area contributed by atoms with Gasteiger partial charge in [0, 0.05) is 5.56 Å². The summed E-state index contributed by atoms with van der Waals surface area (Å²) in [5, 5.41) is 0. The molecule has 0 aromatic heterocycles. The van der Waals surface area contributed by atoms with Crippen molar-refractivity contribution in [3.63, 3.8) is 0 Å². The maximum absolute atomic E-state index is 11.3. The van der Waals surface area contributed by atoms with Crippen LogP contribution in [0.3, 0.4) is 0 Å². The summed E-state index contributed by atoms with van der Waals surface area (Å²) in [4.78, 5) is 11.3. The van der Waals surface area contributed by atoms with Crippen LogP contribution in [0.15, 0.2) is 22.7 Å². The number of carbonyl (C=O) groups is 1. The fourth-order valence-corrected chi connectivity index (χ4v) is 2.95. The molecule has 1 aromatic carbocycles. The maximum Gasteiger partial charge on any atom is 0.159 e. The standard InChI is InChI=1S/C15H19BrO2/c1-10-4-3-5-13(8-10)18-15-7-6-12(11(2)17)9-14(15)16/h6-7,9-10,13H,3-5,8H2,1-2H3. The predicted molar refractivity (Wildman–Crippen MR) is 76.2 cm³/mol. The van der Waals surface area contributed by atoms with Crippen molar-refractivity contribution in [1.82, 2.24) is 0 Å². The van der Waals surface area contributed by atoms with E-state index in [2.05, 4.69) is 22.9 Å². The molecule has 1 aliphatic carbocycles. The van der Waals surface area contributed by atoms with Crippen LogP contribution < -0.4 is 4.74 Å². The summed E-state index contributed by atoms with van der Waals surface area (Å²) in [6.45, 7) is 3.86. The molecule has 0 saturated heterocycles. The van der Waals surface area contributed by atoms with Crippen LogP contribution in [-0.2, 0) is 0 Å². The Balaban J connectivity index is 2.07. The van der Waals surface area contributed by atoms with Gasteiger partial charge in [-0.05, 0) is 66.2 Å². The zero-order chi connectivity index (χ0) is 13.1. The number of ether oxygens (including phenoxy) is 1. The topological polar surface area (TPSA) is 26.3 Å². The quantitative estimate of drug-likeness (QED) is 0.762. The van der Waals surface area contributed by atoms with Crippen molar-refractivity contribution < 1.29 is 9.53 Å². The molecule has 0 spiro atoms. The number of benzene rings is 1. The van der Waals surface area contributed by atoms with Crippen LogP contribution in [0.5, 0.6) is 5.75 Å². The van der Waals surface area contributed by atoms with Crippen LogP contribution in [0, 0.1) is 5.92 Å². The first-order valence-corrected chi connectivity index (χ1v) is 7.32. The highest BCUT2D eigenvalue weighted by Gasteiger charge is 2.21. The van der Waals surface area contributed by atoms with Gasteiger partial charge in [0.25, 0.3) is 0 Å². The Kier molecular flexibility index (Phi) is 4.44. The first kappa shape index (κ1) is 13.6. The van der Waals surface area contributed by atoms with Gasteiger partial charge in [-0.15, -0.1) is 0 Å². The summed E-state index contributed by atoms with van der Waals surface area (Å²) in [7, 11) is 0. The Morgan fingerprint density at radius 2 is 2.17 bits per heavy atom. The van der Waals surface area contributed by atoms with Gasteiger partial charge in [-0.2, -0.15) is 0 Å². The molecule has 2 unspecified atom stereocenters. The van der Waals surface area contributed by atoms with Gasteiger partial charge in [-0.1, -0.05) is 13.3 Å². The number of hydrogen-bond donors (Lipinski definition) is 0. The summed E-state index contributed by atoms with van der Waals surface area (Å²) in [6.07, 6.45) is 5.12. The summed E-state index contributed by atoms with van der Waals surface area (Å²) in [5.41, 5.74) is 0.714. The second kappa shape index (κ2) is 5.87. The van der Waals surface area contributed by atoms with Crippen molar-refractivity contribution in [2.75, 3.05) is 0 Å². The average molecular weight is 311 g/mol. The van der Waals surface area contributed by atoms with Crippen molar-refractivity contribution in [1.29, 1.82) is 0 Å². The SMILES string of the molecule is CC(=O)c1ccc(OC2CCCC(C)C2)c(Br)c1. The number of rotatable bonds is 3. The fraction of sp³-hybridized carbons (Fsp3) is 0.533. The highest BCUT2D eigenvalue weighted by atomic mass is 79.9. The molecule has 1 saturated carbocycles. The van der Waals surface area contributed by atoms with E-state index in [0.717, 1.165) is 29.0 Å². The smallest absolute Gasteiger partial charge is 0.159 e. The van der Waals surface area contributed by atoms with Gasteiger partial charge in [0.1, 0.15) is 5.75 Å². The molecule has 0 bridgehead atoms. The van der Waals surface area contributed by atoms with E-state index in [4.69, 9.17) is 4.74 Å². The molecule has 3 heteroatoms. The van der Waals surface area contributed by atoms with Gasteiger partial charge in [-0.25, -0.2) is 0 Å². The fourth-order valence-electron chi connectivity index (χ4n) is 2.48. The monoisotopic (exact) mass is 310 g/mol. The lowest BCUT2D eigenvalue weighted by Gasteiger charge is -2.27. The summed E-state index contributed by atoms with van der Waals surface area (Å²) < 4.78 is 6.90. The van der Waals surface area contributed by atoms with Crippen molar-refractivity contribution in [2.45, 2.75) is 45.6 Å². The van der Waals surface area contributed by atoms with Gasteiger partial charge in [-0.3, -0.25) is 4.79 Å². The molecule has 1 aromatic rings. The first-order valence-electron chi connectivity index (χ1n) is 6.53. The molecule has 0 aliphatic heterocycles. The minimum absolute atomic E-state index is 0.0774. The Morgan fingerprint density at radius 1 is 1.39 bits per heavy atom. The van der Waals surface area contributed by atoms with Gasteiger partial charge in [0.15, 0.2) is 5.78 Å². The number of carbonyl (C=O) groups excluding carboxylic acids is 1. The molecule has 1 fully saturated rings. The van der Waals surface area contributed by atoms with Crippen LogP contribution in [-0.4, -0.2) is 11.9 Å². The minimum Gasteiger partial charge on any atom is -0.489 e. The Morgan fingerprint density at radius 3 is 2.78 bits per heavy atom. The van der Waals surface area contributed by atoms with E-state index in [1.165, 1.54) is 12.8 Å². The number of halogens is 1. The lowest BCUT2D eigenvalue weighted by Crippen LogP contribution is -2.24. The molecule has 1 aliphatic rings. The summed E-state index contributed by atoms with van der Waals surface area (Å²) >= 11 is 3.48. The Hall–Kier alpha value is -0.830. The number of Topliss-reactive ketones (excluding diaryl/α,β-unsaturated/α-hetero) is 1. The van der Waals surface area contributed by atoms with E-state index in [1.807, 2.05) is 18.2 Å². The number of ketones is 1. The molecule has 0 amide bonds. The molecule has 2 atom stereocenters. The Bertz CT molecular complexity index is 442. The third-order valence-corrected chi connectivity index (χ3v) is 4.14. The minimum atomic E-state index is 0.0774. The van der Waals surface area contributed by atoms with Gasteiger partial charge >= 0.3 is 0 Å². The summed E-state index contributed by atoms with van der Waals surface area (Å²) in [5.74, 6) is 1.67. The number of hydrogen-bond acceptors (Lipinski definition) is 2. The van der Waals surface area contributed by atoms with Crippen molar-refractivity contribution in [2.24, 2.45) is 5.92 Å². The molecule has 98 valence electrons. The zero-order valence-corrected chi connectivity index (χ0v) is 12.5. The third-order valence-electron chi connectivity index (χ3n) is 3.52. The molecule has 2 nitrogen and oxygen atoms in total. The zero-order valence-electron chi connectivity index (χ0n) is 10.9. The molecule has 0 radical (unpaired) electrons. The Labute approximate surface area is 117 Å². The van der Waals surface area contributed by atoms with E-state index in [1.54, 1.807) is 6.92 Å². The molecule has 0 N–H and O–H groups in total. The molecule has 0 heterocycles. The van der Waals surface area contributed by atoms with E-state index >= 15 is 0 Å². The molecular formula is C15H19BrO2. The second-order valence-corrected chi connectivity index (χ2v) is 6.07. The van der Waals surface area contributed by atoms with Crippen LogP contribution >= 0.6 is 15.9 Å². The van der Waals surface area contributed by atoms with Crippen molar-refractivity contribution >= 4 is 21.7 Å². The largest absolute Gasteiger partial charge is 0.489 e. The maximum atomic E-state index is 11.3. The third kappa shape index (κ3) is 3.35. The lowest BCUT2D eigenvalue weighted by atomic mass is 9.89. The van der Waals surface area contributed by atoms with E-state index in [9.17, 15) is 4.79 Å². The highest BCUT2D eigenvalue weighted by molar-refractivity contribution is 9.10.